The van der Waals surface area contributed by atoms with Crippen LogP contribution in [-0.2, 0) is 4.79 Å². The summed E-state index contributed by atoms with van der Waals surface area (Å²) in [5, 5.41) is 8.54. The highest BCUT2D eigenvalue weighted by Crippen LogP contribution is 1.95. The topological polar surface area (TPSA) is 37.3 Å². The summed E-state index contributed by atoms with van der Waals surface area (Å²) >= 11 is 0. The maximum Gasteiger partial charge on any atom is 0.331 e. The van der Waals surface area contributed by atoms with Crippen molar-refractivity contribution in [1.82, 2.24) is 0 Å². The SMILES string of the molecule is CC(=CC#Cc1ccccc1)C(=O)O. The molecule has 0 bridgehead atoms. The van der Waals surface area contributed by atoms with E-state index < -0.39 is 5.97 Å². The molecule has 0 aliphatic rings. The molecule has 0 aromatic heterocycles. The Morgan fingerprint density at radius 3 is 2.57 bits per heavy atom. The van der Waals surface area contributed by atoms with Gasteiger partial charge in [-0.3, -0.25) is 0 Å². The van der Waals surface area contributed by atoms with Gasteiger partial charge in [0.15, 0.2) is 0 Å². The summed E-state index contributed by atoms with van der Waals surface area (Å²) < 4.78 is 0. The summed E-state index contributed by atoms with van der Waals surface area (Å²) in [6, 6.07) is 9.42. The maximum atomic E-state index is 10.4. The molecule has 0 aliphatic carbocycles. The Hall–Kier alpha value is -2.01. The summed E-state index contributed by atoms with van der Waals surface area (Å²) in [7, 11) is 0. The minimum absolute atomic E-state index is 0.244. The molecule has 70 valence electrons. The Balaban J connectivity index is 2.75. The van der Waals surface area contributed by atoms with Crippen LogP contribution in [0.5, 0.6) is 0 Å². The molecule has 1 aromatic carbocycles. The van der Waals surface area contributed by atoms with E-state index in [1.165, 1.54) is 13.0 Å². The second kappa shape index (κ2) is 4.88. The smallest absolute Gasteiger partial charge is 0.331 e. The van der Waals surface area contributed by atoms with Crippen molar-refractivity contribution in [3.63, 3.8) is 0 Å². The zero-order valence-electron chi connectivity index (χ0n) is 7.82. The monoisotopic (exact) mass is 186 g/mol. The van der Waals surface area contributed by atoms with Crippen LogP contribution >= 0.6 is 0 Å². The fraction of sp³-hybridized carbons (Fsp3) is 0.0833. The quantitative estimate of drug-likeness (QED) is 0.538. The number of allylic oxidation sites excluding steroid dienone is 1. The van der Waals surface area contributed by atoms with Gasteiger partial charge >= 0.3 is 5.97 Å². The van der Waals surface area contributed by atoms with Crippen molar-refractivity contribution in [2.24, 2.45) is 0 Å². The van der Waals surface area contributed by atoms with Gasteiger partial charge in [0, 0.05) is 11.1 Å². The first-order valence-electron chi connectivity index (χ1n) is 4.17. The van der Waals surface area contributed by atoms with Gasteiger partial charge in [-0.05, 0) is 25.1 Å². The molecule has 0 radical (unpaired) electrons. The van der Waals surface area contributed by atoms with Gasteiger partial charge in [0.1, 0.15) is 0 Å². The summed E-state index contributed by atoms with van der Waals surface area (Å²) in [6.45, 7) is 1.52. The highest BCUT2D eigenvalue weighted by atomic mass is 16.4. The number of hydrogen-bond donors (Lipinski definition) is 1. The molecule has 1 aromatic rings. The van der Waals surface area contributed by atoms with Gasteiger partial charge in [0.25, 0.3) is 0 Å². The van der Waals surface area contributed by atoms with Crippen LogP contribution in [-0.4, -0.2) is 11.1 Å². The lowest BCUT2D eigenvalue weighted by atomic mass is 10.2. The summed E-state index contributed by atoms with van der Waals surface area (Å²) in [6.07, 6.45) is 1.40. The number of carboxylic acid groups (broad SMARTS) is 1. The van der Waals surface area contributed by atoms with Gasteiger partial charge in [-0.15, -0.1) is 0 Å². The highest BCUT2D eigenvalue weighted by Gasteiger charge is 1.95. The second-order valence-corrected chi connectivity index (χ2v) is 2.77. The van der Waals surface area contributed by atoms with Crippen LogP contribution in [0.15, 0.2) is 42.0 Å². The predicted molar refractivity (Wildman–Crippen MR) is 54.7 cm³/mol. The highest BCUT2D eigenvalue weighted by molar-refractivity contribution is 5.86. The average molecular weight is 186 g/mol. The molecule has 0 atom stereocenters. The van der Waals surface area contributed by atoms with Crippen LogP contribution in [0.2, 0.25) is 0 Å². The molecule has 0 aliphatic heterocycles. The van der Waals surface area contributed by atoms with Gasteiger partial charge in [-0.25, -0.2) is 4.79 Å². The number of rotatable bonds is 1. The van der Waals surface area contributed by atoms with Crippen LogP contribution in [0.25, 0.3) is 0 Å². The Morgan fingerprint density at radius 2 is 2.00 bits per heavy atom. The van der Waals surface area contributed by atoms with Gasteiger partial charge in [-0.2, -0.15) is 0 Å². The van der Waals surface area contributed by atoms with E-state index in [0.717, 1.165) is 5.56 Å². The molecule has 2 nitrogen and oxygen atoms in total. The van der Waals surface area contributed by atoms with Crippen molar-refractivity contribution in [1.29, 1.82) is 0 Å². The van der Waals surface area contributed by atoms with E-state index in [1.54, 1.807) is 0 Å². The van der Waals surface area contributed by atoms with Crippen molar-refractivity contribution in [3.8, 4) is 11.8 Å². The molecule has 0 saturated carbocycles. The lowest BCUT2D eigenvalue weighted by molar-refractivity contribution is -0.132. The zero-order valence-corrected chi connectivity index (χ0v) is 7.82. The van der Waals surface area contributed by atoms with Crippen molar-refractivity contribution >= 4 is 5.97 Å². The third kappa shape index (κ3) is 3.16. The molecule has 0 spiro atoms. The fourth-order valence-electron chi connectivity index (χ4n) is 0.811. The number of carboxylic acids is 1. The van der Waals surface area contributed by atoms with Crippen molar-refractivity contribution in [3.05, 3.63) is 47.5 Å². The van der Waals surface area contributed by atoms with Gasteiger partial charge in [0.2, 0.25) is 0 Å². The lowest BCUT2D eigenvalue weighted by Crippen LogP contribution is -1.94. The van der Waals surface area contributed by atoms with E-state index in [2.05, 4.69) is 11.8 Å². The molecular weight excluding hydrogens is 176 g/mol. The second-order valence-electron chi connectivity index (χ2n) is 2.77. The van der Waals surface area contributed by atoms with E-state index in [1.807, 2.05) is 30.3 Å². The Bertz CT molecular complexity index is 405. The van der Waals surface area contributed by atoms with Crippen LogP contribution in [0, 0.1) is 11.8 Å². The molecule has 0 unspecified atom stereocenters. The summed E-state index contributed by atoms with van der Waals surface area (Å²) in [4.78, 5) is 10.4. The van der Waals surface area contributed by atoms with E-state index in [9.17, 15) is 4.79 Å². The van der Waals surface area contributed by atoms with E-state index >= 15 is 0 Å². The number of benzene rings is 1. The van der Waals surface area contributed by atoms with E-state index in [-0.39, 0.29) is 5.57 Å². The first-order chi connectivity index (χ1) is 6.70. The van der Waals surface area contributed by atoms with Crippen molar-refractivity contribution in [2.45, 2.75) is 6.92 Å². The molecular formula is C12H10O2. The fourth-order valence-corrected chi connectivity index (χ4v) is 0.811. The Kier molecular flexibility index (Phi) is 3.51. The maximum absolute atomic E-state index is 10.4. The lowest BCUT2D eigenvalue weighted by Gasteiger charge is -1.86. The molecule has 0 heterocycles. The molecule has 1 N–H and O–H groups in total. The molecule has 1 rings (SSSR count). The first-order valence-corrected chi connectivity index (χ1v) is 4.17. The van der Waals surface area contributed by atoms with Crippen molar-refractivity contribution in [2.75, 3.05) is 0 Å². The normalized spacial score (nSPS) is 10.2. The van der Waals surface area contributed by atoms with Crippen LogP contribution in [0.3, 0.4) is 0 Å². The minimum atomic E-state index is -0.938. The number of hydrogen-bond acceptors (Lipinski definition) is 1. The number of aliphatic carboxylic acids is 1. The van der Waals surface area contributed by atoms with Gasteiger partial charge < -0.3 is 5.11 Å². The minimum Gasteiger partial charge on any atom is -0.478 e. The van der Waals surface area contributed by atoms with Gasteiger partial charge in [0.05, 0.1) is 0 Å². The van der Waals surface area contributed by atoms with E-state index in [4.69, 9.17) is 5.11 Å². The Morgan fingerprint density at radius 1 is 1.36 bits per heavy atom. The molecule has 0 amide bonds. The van der Waals surface area contributed by atoms with E-state index in [0.29, 0.717) is 0 Å². The molecule has 0 saturated heterocycles. The molecule has 14 heavy (non-hydrogen) atoms. The van der Waals surface area contributed by atoms with Crippen molar-refractivity contribution < 1.29 is 9.90 Å². The molecule has 0 fully saturated rings. The predicted octanol–water partition coefficient (Wildman–Crippen LogP) is 2.07. The van der Waals surface area contributed by atoms with Crippen LogP contribution in [0.1, 0.15) is 12.5 Å². The summed E-state index contributed by atoms with van der Waals surface area (Å²) in [5.41, 5.74) is 1.12. The standard InChI is InChI=1S/C12H10O2/c1-10(12(13)14)6-5-9-11-7-3-2-4-8-11/h2-4,6-8H,1H3,(H,13,14). The van der Waals surface area contributed by atoms with Crippen LogP contribution < -0.4 is 0 Å². The third-order valence-corrected chi connectivity index (χ3v) is 1.62. The average Bonchev–Trinajstić information content (AvgIpc) is 2.19. The van der Waals surface area contributed by atoms with Gasteiger partial charge in [-0.1, -0.05) is 30.0 Å². The summed E-state index contributed by atoms with van der Waals surface area (Å²) in [5.74, 6) is 4.59. The zero-order chi connectivity index (χ0) is 10.4. The molecule has 2 heteroatoms. The number of carbonyl (C=O) groups is 1. The first kappa shape index (κ1) is 10.1. The largest absolute Gasteiger partial charge is 0.478 e. The Labute approximate surface area is 82.9 Å². The van der Waals surface area contributed by atoms with Crippen LogP contribution in [0.4, 0.5) is 0 Å². The third-order valence-electron chi connectivity index (χ3n) is 1.62.